The predicted octanol–water partition coefficient (Wildman–Crippen LogP) is 6.39. The smallest absolute Gasteiger partial charge is 0.340 e. The predicted molar refractivity (Wildman–Crippen MR) is 149 cm³/mol. The van der Waals surface area contributed by atoms with E-state index in [4.69, 9.17) is 31.5 Å². The van der Waals surface area contributed by atoms with E-state index < -0.39 is 5.97 Å². The molecule has 2 N–H and O–H groups in total. The number of esters is 1. The summed E-state index contributed by atoms with van der Waals surface area (Å²) in [6.45, 7) is 0.490. The molecule has 0 fully saturated rings. The molecule has 0 aliphatic rings. The van der Waals surface area contributed by atoms with Gasteiger partial charge in [-0.3, -0.25) is 0 Å². The summed E-state index contributed by atoms with van der Waals surface area (Å²) in [5.41, 5.74) is 6.57. The molecular weight excluding hydrogens is 488 g/mol. The van der Waals surface area contributed by atoms with Crippen molar-refractivity contribution in [1.29, 1.82) is 5.41 Å². The maximum Gasteiger partial charge on any atom is 0.340 e. The van der Waals surface area contributed by atoms with Gasteiger partial charge in [-0.1, -0.05) is 29.8 Å². The van der Waals surface area contributed by atoms with Crippen LogP contribution in [0.5, 0.6) is 5.75 Å². The molecular formula is C29H25ClN4O3. The van der Waals surface area contributed by atoms with Crippen LogP contribution in [0.1, 0.15) is 21.5 Å². The average molecular weight is 513 g/mol. The number of nitrogens with one attached hydrogen (secondary N) is 2. The zero-order valence-electron chi connectivity index (χ0n) is 20.6. The normalized spacial score (nSPS) is 11.0. The van der Waals surface area contributed by atoms with Crippen molar-refractivity contribution in [2.75, 3.05) is 26.6 Å². The number of ether oxygens (including phenoxy) is 2. The highest BCUT2D eigenvalue weighted by Gasteiger charge is 2.22. The van der Waals surface area contributed by atoms with E-state index in [0.717, 1.165) is 39.0 Å². The second kappa shape index (κ2) is 9.95. The van der Waals surface area contributed by atoms with E-state index in [0.29, 0.717) is 33.9 Å². The second-order valence-electron chi connectivity index (χ2n) is 8.54. The molecule has 3 aromatic carbocycles. The van der Waals surface area contributed by atoms with Gasteiger partial charge in [0.1, 0.15) is 5.75 Å². The van der Waals surface area contributed by atoms with E-state index in [-0.39, 0.29) is 0 Å². The molecule has 0 saturated heterocycles. The second-order valence-corrected chi connectivity index (χ2v) is 8.97. The Kier molecular flexibility index (Phi) is 6.54. The highest BCUT2D eigenvalue weighted by atomic mass is 35.5. The van der Waals surface area contributed by atoms with Crippen LogP contribution in [-0.4, -0.2) is 43.0 Å². The number of pyridine rings is 1. The molecule has 0 aliphatic heterocycles. The van der Waals surface area contributed by atoms with Crippen molar-refractivity contribution in [3.63, 3.8) is 0 Å². The number of carbonyl (C=O) groups excluding carboxylic acids is 1. The van der Waals surface area contributed by atoms with Gasteiger partial charge in [0.25, 0.3) is 0 Å². The van der Waals surface area contributed by atoms with Gasteiger partial charge in [-0.05, 0) is 54.1 Å². The van der Waals surface area contributed by atoms with Gasteiger partial charge in [-0.15, -0.1) is 0 Å². The number of rotatable bonds is 7. The fraction of sp³-hybridized carbons (Fsp3) is 0.138. The molecule has 0 atom stereocenters. The van der Waals surface area contributed by atoms with E-state index in [1.807, 2.05) is 67.7 Å². The summed E-state index contributed by atoms with van der Waals surface area (Å²) in [4.78, 5) is 18.1. The maximum atomic E-state index is 13.1. The van der Waals surface area contributed by atoms with Crippen molar-refractivity contribution in [3.05, 3.63) is 88.4 Å². The lowest BCUT2D eigenvalue weighted by Gasteiger charge is -2.13. The Bertz CT molecular complexity index is 1660. The summed E-state index contributed by atoms with van der Waals surface area (Å²) >= 11 is 6.41. The zero-order valence-corrected chi connectivity index (χ0v) is 21.4. The summed E-state index contributed by atoms with van der Waals surface area (Å²) in [6, 6.07) is 20.9. The number of anilines is 1. The van der Waals surface area contributed by atoms with Gasteiger partial charge in [0.15, 0.2) is 0 Å². The third-order valence-electron chi connectivity index (χ3n) is 6.45. The molecule has 0 saturated carbocycles. The van der Waals surface area contributed by atoms with Gasteiger partial charge in [0.05, 0.1) is 42.0 Å². The number of aromatic nitrogens is 2. The van der Waals surface area contributed by atoms with E-state index in [1.165, 1.54) is 13.3 Å². The van der Waals surface area contributed by atoms with Gasteiger partial charge in [-0.25, -0.2) is 9.78 Å². The molecule has 0 spiro atoms. The monoisotopic (exact) mass is 512 g/mol. The summed E-state index contributed by atoms with van der Waals surface area (Å²) in [7, 11) is 4.81. The van der Waals surface area contributed by atoms with Gasteiger partial charge in [0.2, 0.25) is 0 Å². The number of hydrogen-bond acceptors (Lipinski definition) is 6. The maximum absolute atomic E-state index is 13.1. The number of benzene rings is 3. The summed E-state index contributed by atoms with van der Waals surface area (Å²) < 4.78 is 12.6. The van der Waals surface area contributed by atoms with E-state index in [2.05, 4.69) is 9.88 Å². The molecule has 2 aromatic heterocycles. The zero-order chi connectivity index (χ0) is 26.1. The first-order chi connectivity index (χ1) is 18.0. The van der Waals surface area contributed by atoms with Crippen LogP contribution in [0, 0.1) is 5.41 Å². The Morgan fingerprint density at radius 2 is 1.86 bits per heavy atom. The third-order valence-corrected chi connectivity index (χ3v) is 6.68. The minimum atomic E-state index is -0.461. The molecule has 8 heteroatoms. The number of halogens is 1. The summed E-state index contributed by atoms with van der Waals surface area (Å²) in [5.74, 6) is 0.307. The standard InChI is InChI=1S/C29H25ClN4O3/c1-32-24-11-6-18(12-19(24)15-31)25-14-23(29(35)37-3)28-27(33-25)22-10-7-20(30)13-26(22)34(28)16-17-4-8-21(36-2)9-5-17/h4-15,31-32H,16H2,1-3H3. The van der Waals surface area contributed by atoms with Crippen LogP contribution in [0.25, 0.3) is 33.2 Å². The van der Waals surface area contributed by atoms with Crippen LogP contribution in [-0.2, 0) is 11.3 Å². The van der Waals surface area contributed by atoms with Crippen molar-refractivity contribution in [2.45, 2.75) is 6.54 Å². The Labute approximate surface area is 219 Å². The number of methoxy groups -OCH3 is 2. The molecule has 0 aliphatic carbocycles. The largest absolute Gasteiger partial charge is 0.497 e. The number of hydrogen-bond donors (Lipinski definition) is 2. The first-order valence-electron chi connectivity index (χ1n) is 11.6. The van der Waals surface area contributed by atoms with Crippen LogP contribution in [0.4, 0.5) is 5.69 Å². The molecule has 0 amide bonds. The molecule has 0 radical (unpaired) electrons. The van der Waals surface area contributed by atoms with Crippen LogP contribution in [0.3, 0.4) is 0 Å². The number of nitrogens with zero attached hydrogens (tertiary/aromatic N) is 2. The lowest BCUT2D eigenvalue weighted by molar-refractivity contribution is 0.0602. The molecule has 0 unspecified atom stereocenters. The first-order valence-corrected chi connectivity index (χ1v) is 12.0. The van der Waals surface area contributed by atoms with Gasteiger partial charge in [-0.2, -0.15) is 0 Å². The fourth-order valence-electron chi connectivity index (χ4n) is 4.61. The Morgan fingerprint density at radius 1 is 1.08 bits per heavy atom. The van der Waals surface area contributed by atoms with Crippen molar-refractivity contribution in [2.24, 2.45) is 0 Å². The average Bonchev–Trinajstić information content (AvgIpc) is 3.24. The quantitative estimate of drug-likeness (QED) is 0.195. The number of carbonyl (C=O) groups is 1. The molecule has 5 aromatic rings. The van der Waals surface area contributed by atoms with E-state index in [1.54, 1.807) is 13.2 Å². The fourth-order valence-corrected chi connectivity index (χ4v) is 4.77. The number of fused-ring (bicyclic) bond motifs is 3. The minimum Gasteiger partial charge on any atom is -0.497 e. The van der Waals surface area contributed by atoms with Crippen molar-refractivity contribution in [1.82, 2.24) is 9.55 Å². The molecule has 7 nitrogen and oxygen atoms in total. The third kappa shape index (κ3) is 4.38. The molecule has 2 heterocycles. The first kappa shape index (κ1) is 24.3. The minimum absolute atomic E-state index is 0.400. The topological polar surface area (TPSA) is 89.2 Å². The molecule has 5 rings (SSSR count). The van der Waals surface area contributed by atoms with Crippen molar-refractivity contribution >= 4 is 51.4 Å². The molecule has 37 heavy (non-hydrogen) atoms. The molecule has 0 bridgehead atoms. The van der Waals surface area contributed by atoms with Gasteiger partial charge in [0, 0.05) is 47.0 Å². The summed E-state index contributed by atoms with van der Waals surface area (Å²) in [5, 5.41) is 12.3. The lowest BCUT2D eigenvalue weighted by atomic mass is 10.0. The van der Waals surface area contributed by atoms with Crippen LogP contribution >= 0.6 is 11.6 Å². The Hall–Kier alpha value is -4.36. The SMILES string of the molecule is CNc1ccc(-c2cc(C(=O)OC)c3c(n2)c2ccc(Cl)cc2n3Cc2ccc(OC)cc2)cc1C=N. The van der Waals surface area contributed by atoms with Gasteiger partial charge < -0.3 is 24.8 Å². The van der Waals surface area contributed by atoms with Crippen LogP contribution in [0.2, 0.25) is 5.02 Å². The molecule has 186 valence electrons. The van der Waals surface area contributed by atoms with Crippen molar-refractivity contribution < 1.29 is 14.3 Å². The van der Waals surface area contributed by atoms with Crippen LogP contribution in [0.15, 0.2) is 66.7 Å². The van der Waals surface area contributed by atoms with Crippen LogP contribution < -0.4 is 10.1 Å². The summed E-state index contributed by atoms with van der Waals surface area (Å²) in [6.07, 6.45) is 1.29. The van der Waals surface area contributed by atoms with Crippen molar-refractivity contribution in [3.8, 4) is 17.0 Å². The highest BCUT2D eigenvalue weighted by Crippen LogP contribution is 2.36. The van der Waals surface area contributed by atoms with E-state index >= 15 is 0 Å². The highest BCUT2D eigenvalue weighted by molar-refractivity contribution is 6.31. The Balaban J connectivity index is 1.80. The Morgan fingerprint density at radius 3 is 2.54 bits per heavy atom. The lowest BCUT2D eigenvalue weighted by Crippen LogP contribution is -2.08. The van der Waals surface area contributed by atoms with E-state index in [9.17, 15) is 4.79 Å². The van der Waals surface area contributed by atoms with Gasteiger partial charge >= 0.3 is 5.97 Å².